The van der Waals surface area contributed by atoms with Gasteiger partial charge >= 0.3 is 0 Å². The summed E-state index contributed by atoms with van der Waals surface area (Å²) >= 11 is 0. The van der Waals surface area contributed by atoms with Gasteiger partial charge in [-0.05, 0) is 25.2 Å². The lowest BCUT2D eigenvalue weighted by Gasteiger charge is -2.17. The van der Waals surface area contributed by atoms with Crippen LogP contribution in [0.15, 0.2) is 4.99 Å². The Bertz CT molecular complexity index is 161. The minimum Gasteiger partial charge on any atom is -0.370 e. The van der Waals surface area contributed by atoms with Crippen LogP contribution in [0.5, 0.6) is 0 Å². The zero-order valence-corrected chi connectivity index (χ0v) is 8.08. The number of aliphatic imine (C=N–C) groups is 1. The van der Waals surface area contributed by atoms with Crippen LogP contribution >= 0.6 is 0 Å². The Hall–Kier alpha value is -0.730. The molecule has 3 heteroatoms. The van der Waals surface area contributed by atoms with E-state index < -0.39 is 0 Å². The number of nitrogens with two attached hydrogens (primary N) is 1. The molecule has 0 saturated heterocycles. The summed E-state index contributed by atoms with van der Waals surface area (Å²) in [5.74, 6) is 1.58. The van der Waals surface area contributed by atoms with E-state index in [9.17, 15) is 0 Å². The quantitative estimate of drug-likeness (QED) is 0.505. The second-order valence-electron chi connectivity index (χ2n) is 3.56. The molecule has 70 valence electrons. The van der Waals surface area contributed by atoms with Crippen LogP contribution in [-0.4, -0.2) is 31.0 Å². The van der Waals surface area contributed by atoms with E-state index in [1.54, 1.807) is 0 Å². The average molecular weight is 169 g/mol. The molecule has 3 nitrogen and oxygen atoms in total. The standard InChI is InChI=1S/C9H19N3/c1-3-6-11-9(10)12(2)7-8-4-5-8/h8H,3-7H2,1-2H3,(H2,10,11). The van der Waals surface area contributed by atoms with Crippen molar-refractivity contribution in [1.29, 1.82) is 0 Å². The SMILES string of the molecule is CCCN=C(N)N(C)CC1CC1. The molecule has 1 fully saturated rings. The second kappa shape index (κ2) is 4.33. The molecule has 0 bridgehead atoms. The van der Waals surface area contributed by atoms with Crippen LogP contribution in [0.4, 0.5) is 0 Å². The molecule has 0 radical (unpaired) electrons. The van der Waals surface area contributed by atoms with Gasteiger partial charge in [-0.25, -0.2) is 0 Å². The van der Waals surface area contributed by atoms with E-state index in [1.165, 1.54) is 12.8 Å². The molecule has 0 aromatic carbocycles. The summed E-state index contributed by atoms with van der Waals surface area (Å²) in [7, 11) is 2.02. The van der Waals surface area contributed by atoms with Gasteiger partial charge in [-0.3, -0.25) is 4.99 Å². The monoisotopic (exact) mass is 169 g/mol. The van der Waals surface area contributed by atoms with Gasteiger partial charge in [-0.1, -0.05) is 6.92 Å². The summed E-state index contributed by atoms with van der Waals surface area (Å²) in [6.07, 6.45) is 3.80. The van der Waals surface area contributed by atoms with Crippen LogP contribution < -0.4 is 5.73 Å². The maximum atomic E-state index is 5.76. The first-order valence-corrected chi connectivity index (χ1v) is 4.75. The fraction of sp³-hybridized carbons (Fsp3) is 0.889. The molecule has 1 aliphatic rings. The minimum absolute atomic E-state index is 0.698. The molecule has 0 aromatic rings. The molecular formula is C9H19N3. The van der Waals surface area contributed by atoms with Crippen molar-refractivity contribution in [3.8, 4) is 0 Å². The van der Waals surface area contributed by atoms with Crippen LogP contribution in [0.2, 0.25) is 0 Å². The first-order valence-electron chi connectivity index (χ1n) is 4.75. The van der Waals surface area contributed by atoms with Crippen molar-refractivity contribution in [3.05, 3.63) is 0 Å². The molecule has 0 spiro atoms. The third kappa shape index (κ3) is 3.11. The maximum Gasteiger partial charge on any atom is 0.190 e. The minimum atomic E-state index is 0.698. The molecule has 1 saturated carbocycles. The third-order valence-corrected chi connectivity index (χ3v) is 2.12. The lowest BCUT2D eigenvalue weighted by molar-refractivity contribution is 0.468. The molecule has 0 atom stereocenters. The van der Waals surface area contributed by atoms with E-state index in [0.29, 0.717) is 5.96 Å². The predicted molar refractivity (Wildman–Crippen MR) is 52.1 cm³/mol. The smallest absolute Gasteiger partial charge is 0.190 e. The molecule has 1 aliphatic carbocycles. The molecule has 0 heterocycles. The van der Waals surface area contributed by atoms with Gasteiger partial charge in [0.05, 0.1) is 0 Å². The first-order chi connectivity index (χ1) is 5.74. The van der Waals surface area contributed by atoms with E-state index in [2.05, 4.69) is 16.8 Å². The summed E-state index contributed by atoms with van der Waals surface area (Å²) < 4.78 is 0. The number of guanidine groups is 1. The highest BCUT2D eigenvalue weighted by molar-refractivity contribution is 5.77. The third-order valence-electron chi connectivity index (χ3n) is 2.12. The molecular weight excluding hydrogens is 150 g/mol. The maximum absolute atomic E-state index is 5.76. The van der Waals surface area contributed by atoms with Crippen molar-refractivity contribution in [2.75, 3.05) is 20.1 Å². The van der Waals surface area contributed by atoms with Crippen molar-refractivity contribution in [3.63, 3.8) is 0 Å². The number of nitrogens with zero attached hydrogens (tertiary/aromatic N) is 2. The van der Waals surface area contributed by atoms with Gasteiger partial charge in [0.2, 0.25) is 0 Å². The molecule has 1 rings (SSSR count). The van der Waals surface area contributed by atoms with Gasteiger partial charge < -0.3 is 10.6 Å². The van der Waals surface area contributed by atoms with Crippen LogP contribution in [0.3, 0.4) is 0 Å². The summed E-state index contributed by atoms with van der Waals surface area (Å²) in [6.45, 7) is 4.04. The largest absolute Gasteiger partial charge is 0.370 e. The first kappa shape index (κ1) is 9.36. The second-order valence-corrected chi connectivity index (χ2v) is 3.56. The Balaban J connectivity index is 2.23. The highest BCUT2D eigenvalue weighted by Crippen LogP contribution is 2.29. The summed E-state index contributed by atoms with van der Waals surface area (Å²) in [6, 6.07) is 0. The van der Waals surface area contributed by atoms with Crippen molar-refractivity contribution >= 4 is 5.96 Å². The fourth-order valence-electron chi connectivity index (χ4n) is 1.13. The Morgan fingerprint density at radius 3 is 2.75 bits per heavy atom. The van der Waals surface area contributed by atoms with Crippen molar-refractivity contribution < 1.29 is 0 Å². The molecule has 2 N–H and O–H groups in total. The lowest BCUT2D eigenvalue weighted by atomic mass is 10.4. The van der Waals surface area contributed by atoms with E-state index in [4.69, 9.17) is 5.73 Å². The Morgan fingerprint density at radius 1 is 1.58 bits per heavy atom. The van der Waals surface area contributed by atoms with E-state index >= 15 is 0 Å². The number of hydrogen-bond donors (Lipinski definition) is 1. The lowest BCUT2D eigenvalue weighted by Crippen LogP contribution is -2.35. The van der Waals surface area contributed by atoms with Gasteiger partial charge in [-0.2, -0.15) is 0 Å². The van der Waals surface area contributed by atoms with E-state index in [1.807, 2.05) is 7.05 Å². The van der Waals surface area contributed by atoms with Crippen LogP contribution in [0, 0.1) is 5.92 Å². The topological polar surface area (TPSA) is 41.6 Å². The zero-order valence-electron chi connectivity index (χ0n) is 8.08. The normalized spacial score (nSPS) is 18.0. The summed E-state index contributed by atoms with van der Waals surface area (Å²) in [5.41, 5.74) is 5.76. The fourth-order valence-corrected chi connectivity index (χ4v) is 1.13. The highest BCUT2D eigenvalue weighted by atomic mass is 15.2. The van der Waals surface area contributed by atoms with Gasteiger partial charge in [-0.15, -0.1) is 0 Å². The van der Waals surface area contributed by atoms with E-state index in [-0.39, 0.29) is 0 Å². The summed E-state index contributed by atoms with van der Waals surface area (Å²) in [4.78, 5) is 6.31. The Morgan fingerprint density at radius 2 is 2.25 bits per heavy atom. The zero-order chi connectivity index (χ0) is 8.97. The van der Waals surface area contributed by atoms with Gasteiger partial charge in [0.15, 0.2) is 5.96 Å². The van der Waals surface area contributed by atoms with E-state index in [0.717, 1.165) is 25.4 Å². The summed E-state index contributed by atoms with van der Waals surface area (Å²) in [5, 5.41) is 0. The van der Waals surface area contributed by atoms with Crippen LogP contribution in [0.1, 0.15) is 26.2 Å². The van der Waals surface area contributed by atoms with Crippen molar-refractivity contribution in [2.24, 2.45) is 16.6 Å². The average Bonchev–Trinajstić information content (AvgIpc) is 2.83. The van der Waals surface area contributed by atoms with Gasteiger partial charge in [0.25, 0.3) is 0 Å². The van der Waals surface area contributed by atoms with Crippen LogP contribution in [0.25, 0.3) is 0 Å². The Labute approximate surface area is 74.6 Å². The number of rotatable bonds is 4. The molecule has 12 heavy (non-hydrogen) atoms. The molecule has 0 aromatic heterocycles. The van der Waals surface area contributed by atoms with Crippen LogP contribution in [-0.2, 0) is 0 Å². The van der Waals surface area contributed by atoms with Crippen molar-refractivity contribution in [1.82, 2.24) is 4.90 Å². The Kier molecular flexibility index (Phi) is 3.38. The molecule has 0 unspecified atom stereocenters. The van der Waals surface area contributed by atoms with Gasteiger partial charge in [0.1, 0.15) is 0 Å². The molecule has 0 aliphatic heterocycles. The number of hydrogen-bond acceptors (Lipinski definition) is 1. The highest BCUT2D eigenvalue weighted by Gasteiger charge is 2.23. The molecule has 0 amide bonds. The van der Waals surface area contributed by atoms with Gasteiger partial charge in [0, 0.05) is 20.1 Å². The van der Waals surface area contributed by atoms with Crippen molar-refractivity contribution in [2.45, 2.75) is 26.2 Å². The predicted octanol–water partition coefficient (Wildman–Crippen LogP) is 1.05.